The molecule has 0 heterocycles. The van der Waals surface area contributed by atoms with Crippen LogP contribution in [-0.2, 0) is 0 Å². The molecule has 0 bridgehead atoms. The molecular formula is C11H24ClN. The molecule has 0 unspecified atom stereocenters. The fourth-order valence-corrected chi connectivity index (χ4v) is 3.05. The van der Waals surface area contributed by atoms with Gasteiger partial charge in [-0.15, -0.1) is 12.4 Å². The summed E-state index contributed by atoms with van der Waals surface area (Å²) in [7, 11) is 2.09. The molecule has 1 aliphatic carbocycles. The fraction of sp³-hybridized carbons (Fsp3) is 1.00. The summed E-state index contributed by atoms with van der Waals surface area (Å²) >= 11 is 0. The molecule has 2 heteroatoms. The van der Waals surface area contributed by atoms with Gasteiger partial charge in [-0.3, -0.25) is 0 Å². The molecular weight excluding hydrogens is 182 g/mol. The highest BCUT2D eigenvalue weighted by molar-refractivity contribution is 5.85. The first-order valence-electron chi connectivity index (χ1n) is 5.02. The van der Waals surface area contributed by atoms with Gasteiger partial charge in [0.15, 0.2) is 0 Å². The van der Waals surface area contributed by atoms with E-state index in [1.807, 2.05) is 0 Å². The predicted molar refractivity (Wildman–Crippen MR) is 61.5 cm³/mol. The van der Waals surface area contributed by atoms with Gasteiger partial charge in [-0.2, -0.15) is 0 Å². The molecule has 0 aromatic heterocycles. The molecule has 1 fully saturated rings. The lowest BCUT2D eigenvalue weighted by molar-refractivity contribution is 0.0881. The van der Waals surface area contributed by atoms with Gasteiger partial charge < -0.3 is 5.32 Å². The topological polar surface area (TPSA) is 12.0 Å². The third kappa shape index (κ3) is 3.86. The Kier molecular flexibility index (Phi) is 4.26. The Morgan fingerprint density at radius 2 is 1.38 bits per heavy atom. The summed E-state index contributed by atoms with van der Waals surface area (Å²) in [6.07, 6.45) is 4.01. The minimum absolute atomic E-state index is 0. The Hall–Kier alpha value is 0.250. The van der Waals surface area contributed by atoms with E-state index in [0.29, 0.717) is 10.8 Å². The van der Waals surface area contributed by atoms with Crippen LogP contribution >= 0.6 is 12.4 Å². The van der Waals surface area contributed by atoms with Gasteiger partial charge in [-0.05, 0) is 37.1 Å². The van der Waals surface area contributed by atoms with E-state index in [1.165, 1.54) is 19.3 Å². The Balaban J connectivity index is 0.00000144. The van der Waals surface area contributed by atoms with Crippen LogP contribution in [0.15, 0.2) is 0 Å². The van der Waals surface area contributed by atoms with E-state index in [2.05, 4.69) is 40.1 Å². The molecule has 0 amide bonds. The molecule has 1 rings (SSSR count). The Morgan fingerprint density at radius 1 is 1.00 bits per heavy atom. The van der Waals surface area contributed by atoms with Gasteiger partial charge in [-0.25, -0.2) is 0 Å². The lowest BCUT2D eigenvalue weighted by Gasteiger charge is -2.44. The molecule has 0 spiro atoms. The third-order valence-corrected chi connectivity index (χ3v) is 2.96. The summed E-state index contributed by atoms with van der Waals surface area (Å²) in [6, 6.07) is 0.726. The normalized spacial score (nSPS) is 26.5. The monoisotopic (exact) mass is 205 g/mol. The van der Waals surface area contributed by atoms with Gasteiger partial charge in [-0.1, -0.05) is 27.7 Å². The van der Waals surface area contributed by atoms with Gasteiger partial charge in [0.2, 0.25) is 0 Å². The van der Waals surface area contributed by atoms with E-state index in [-0.39, 0.29) is 12.4 Å². The first-order chi connectivity index (χ1) is 5.35. The van der Waals surface area contributed by atoms with Crippen molar-refractivity contribution in [2.24, 2.45) is 10.8 Å². The first kappa shape index (κ1) is 13.2. The SMILES string of the molecule is CNC1CC(C)(C)CC(C)(C)C1.Cl. The summed E-state index contributed by atoms with van der Waals surface area (Å²) < 4.78 is 0. The van der Waals surface area contributed by atoms with Crippen molar-refractivity contribution in [3.05, 3.63) is 0 Å². The highest BCUT2D eigenvalue weighted by Crippen LogP contribution is 2.45. The van der Waals surface area contributed by atoms with Gasteiger partial charge in [0.05, 0.1) is 0 Å². The van der Waals surface area contributed by atoms with Crippen molar-refractivity contribution >= 4 is 12.4 Å². The molecule has 1 N–H and O–H groups in total. The molecule has 13 heavy (non-hydrogen) atoms. The number of rotatable bonds is 1. The fourth-order valence-electron chi connectivity index (χ4n) is 3.05. The van der Waals surface area contributed by atoms with Gasteiger partial charge in [0.25, 0.3) is 0 Å². The molecule has 0 aliphatic heterocycles. The van der Waals surface area contributed by atoms with Crippen molar-refractivity contribution < 1.29 is 0 Å². The molecule has 0 saturated heterocycles. The lowest BCUT2D eigenvalue weighted by Crippen LogP contribution is -2.42. The zero-order valence-corrected chi connectivity index (χ0v) is 10.4. The number of hydrogen-bond acceptors (Lipinski definition) is 1. The maximum absolute atomic E-state index is 3.42. The summed E-state index contributed by atoms with van der Waals surface area (Å²) in [6.45, 7) is 9.55. The average molecular weight is 206 g/mol. The summed E-state index contributed by atoms with van der Waals surface area (Å²) in [5.41, 5.74) is 1.05. The molecule has 1 aliphatic rings. The Bertz CT molecular complexity index is 147. The molecule has 0 aromatic rings. The Morgan fingerprint density at radius 3 is 1.69 bits per heavy atom. The van der Waals surface area contributed by atoms with Crippen LogP contribution in [0.4, 0.5) is 0 Å². The molecule has 1 nitrogen and oxygen atoms in total. The average Bonchev–Trinajstić information content (AvgIpc) is 1.80. The molecule has 0 aromatic carbocycles. The van der Waals surface area contributed by atoms with E-state index >= 15 is 0 Å². The van der Waals surface area contributed by atoms with Crippen molar-refractivity contribution in [3.63, 3.8) is 0 Å². The van der Waals surface area contributed by atoms with Gasteiger partial charge in [0, 0.05) is 6.04 Å². The summed E-state index contributed by atoms with van der Waals surface area (Å²) in [5.74, 6) is 0. The minimum Gasteiger partial charge on any atom is -0.317 e. The van der Waals surface area contributed by atoms with Crippen molar-refractivity contribution in [3.8, 4) is 0 Å². The van der Waals surface area contributed by atoms with E-state index in [0.717, 1.165) is 6.04 Å². The lowest BCUT2D eigenvalue weighted by atomic mass is 9.63. The van der Waals surface area contributed by atoms with E-state index in [1.54, 1.807) is 0 Å². The number of hydrogen-bond donors (Lipinski definition) is 1. The van der Waals surface area contributed by atoms with Crippen molar-refractivity contribution in [1.82, 2.24) is 5.32 Å². The van der Waals surface area contributed by atoms with Gasteiger partial charge >= 0.3 is 0 Å². The minimum atomic E-state index is 0. The number of halogens is 1. The van der Waals surface area contributed by atoms with Crippen molar-refractivity contribution in [2.75, 3.05) is 7.05 Å². The largest absolute Gasteiger partial charge is 0.317 e. The standard InChI is InChI=1S/C11H23N.ClH/c1-10(2)6-9(12-5)7-11(3,4)8-10;/h9,12H,6-8H2,1-5H3;1H. The van der Waals surface area contributed by atoms with E-state index in [4.69, 9.17) is 0 Å². The quantitative estimate of drug-likeness (QED) is 0.693. The second-order valence-electron chi connectivity index (χ2n) is 5.90. The van der Waals surface area contributed by atoms with Crippen LogP contribution in [0, 0.1) is 10.8 Å². The molecule has 80 valence electrons. The van der Waals surface area contributed by atoms with E-state index in [9.17, 15) is 0 Å². The Labute approximate surface area is 89.1 Å². The smallest absolute Gasteiger partial charge is 0.00742 e. The van der Waals surface area contributed by atoms with Crippen LogP contribution in [0.25, 0.3) is 0 Å². The van der Waals surface area contributed by atoms with Crippen LogP contribution in [0.1, 0.15) is 47.0 Å². The highest BCUT2D eigenvalue weighted by atomic mass is 35.5. The third-order valence-electron chi connectivity index (χ3n) is 2.96. The summed E-state index contributed by atoms with van der Waals surface area (Å²) in [5, 5.41) is 3.42. The van der Waals surface area contributed by atoms with Crippen LogP contribution in [-0.4, -0.2) is 13.1 Å². The summed E-state index contributed by atoms with van der Waals surface area (Å²) in [4.78, 5) is 0. The van der Waals surface area contributed by atoms with Crippen molar-refractivity contribution in [1.29, 1.82) is 0 Å². The van der Waals surface area contributed by atoms with Gasteiger partial charge in [0.1, 0.15) is 0 Å². The van der Waals surface area contributed by atoms with Crippen LogP contribution in [0.3, 0.4) is 0 Å². The van der Waals surface area contributed by atoms with Crippen LogP contribution in [0.5, 0.6) is 0 Å². The highest BCUT2D eigenvalue weighted by Gasteiger charge is 2.37. The zero-order valence-electron chi connectivity index (χ0n) is 9.61. The maximum Gasteiger partial charge on any atom is 0.00742 e. The molecule has 0 radical (unpaired) electrons. The molecule has 1 saturated carbocycles. The molecule has 0 atom stereocenters. The second kappa shape index (κ2) is 4.18. The van der Waals surface area contributed by atoms with E-state index < -0.39 is 0 Å². The zero-order chi connectivity index (χ0) is 9.41. The van der Waals surface area contributed by atoms with Crippen LogP contribution in [0.2, 0.25) is 0 Å². The maximum atomic E-state index is 3.42. The first-order valence-corrected chi connectivity index (χ1v) is 5.02. The predicted octanol–water partition coefficient (Wildman–Crippen LogP) is 3.23. The second-order valence-corrected chi connectivity index (χ2v) is 5.90. The van der Waals surface area contributed by atoms with Crippen molar-refractivity contribution in [2.45, 2.75) is 53.0 Å². The number of nitrogens with one attached hydrogen (secondary N) is 1. The van der Waals surface area contributed by atoms with Crippen LogP contribution < -0.4 is 5.32 Å².